The summed E-state index contributed by atoms with van der Waals surface area (Å²) >= 11 is 4.14. The van der Waals surface area contributed by atoms with Gasteiger partial charge in [0.25, 0.3) is 0 Å². The summed E-state index contributed by atoms with van der Waals surface area (Å²) in [5.74, 6) is 1.63. The van der Waals surface area contributed by atoms with Crippen molar-refractivity contribution in [1.29, 1.82) is 0 Å². The normalized spacial score (nSPS) is 13.9. The number of hydrogen-bond donors (Lipinski definition) is 0. The van der Waals surface area contributed by atoms with E-state index in [1.54, 1.807) is 66.7 Å². The zero-order valence-corrected chi connectivity index (χ0v) is 50.5. The maximum absolute atomic E-state index is 2.75. The Bertz CT molecular complexity index is 2110. The Labute approximate surface area is 405 Å². The first kappa shape index (κ1) is 51.5. The Morgan fingerprint density at radius 3 is 0.984 bits per heavy atom. The Hall–Kier alpha value is 0.137. The Morgan fingerprint density at radius 1 is 0.355 bits per heavy atom. The van der Waals surface area contributed by atoms with Crippen molar-refractivity contribution in [3.05, 3.63) is 34.0 Å². The van der Waals surface area contributed by atoms with E-state index in [1.807, 2.05) is 0 Å². The van der Waals surface area contributed by atoms with E-state index in [4.69, 9.17) is 0 Å². The summed E-state index contributed by atoms with van der Waals surface area (Å²) in [5.41, 5.74) is 0. The number of fused-ring (bicyclic) bond motifs is 11. The standard InChI is InChI=1S/C50H70S4.6CH3.2Sn/c1-5-9-13-17-19-23-27-37(25-21-15-11-7-3)33-39-35-43-44-36-40(34-38(26-22-16-12-8-4)28-24-20-18-14-10-6-2)54-48(44)46-42-30-32-52-50(42)49-41(29-31-51-49)45(46)47(43)53-39;;;;;;;;/h29-30,35-38H,5-28,33-34H2,1-4H3;6*1H3;;. The van der Waals surface area contributed by atoms with Gasteiger partial charge in [-0.1, -0.05) is 105 Å². The number of unbranched alkanes of at least 4 members (excludes halogenated alkanes) is 16. The molecule has 0 spiro atoms. The zero-order valence-electron chi connectivity index (χ0n) is 41.5. The van der Waals surface area contributed by atoms with Crippen LogP contribution in [0.25, 0.3) is 51.1 Å². The van der Waals surface area contributed by atoms with Crippen LogP contribution in [0.4, 0.5) is 0 Å². The molecule has 0 N–H and O–H groups in total. The SMILES string of the molecule is CCCCCCCCC(CCCCCC)Cc1cc2c3cc(CC(CCCCCC)CCCCCCCC)sc3c3c4c[c]([Sn]([CH3])([CH3])[CH3])sc4c4s[c]([Sn]([CH3])([CH3])[CH3])cc4c3c2s1. The van der Waals surface area contributed by atoms with Gasteiger partial charge in [-0.3, -0.25) is 0 Å². The molecule has 6 rings (SSSR count). The Morgan fingerprint density at radius 2 is 0.661 bits per heavy atom. The molecule has 0 aliphatic carbocycles. The van der Waals surface area contributed by atoms with Gasteiger partial charge < -0.3 is 0 Å². The molecule has 0 saturated heterocycles. The molecule has 0 saturated carbocycles. The fourth-order valence-corrected chi connectivity index (χ4v) is 25.8. The summed E-state index contributed by atoms with van der Waals surface area (Å²) in [6.07, 6.45) is 36.2. The van der Waals surface area contributed by atoms with Crippen molar-refractivity contribution in [1.82, 2.24) is 0 Å². The van der Waals surface area contributed by atoms with Crippen molar-refractivity contribution in [2.24, 2.45) is 11.8 Å². The van der Waals surface area contributed by atoms with Gasteiger partial charge in [-0.25, -0.2) is 0 Å². The summed E-state index contributed by atoms with van der Waals surface area (Å²) < 4.78 is 9.98. The molecule has 6 aromatic rings. The fraction of sp³-hybridized carbons (Fsp3) is 0.679. The summed E-state index contributed by atoms with van der Waals surface area (Å²) in [4.78, 5) is 19.2. The first-order chi connectivity index (χ1) is 29.9. The van der Waals surface area contributed by atoms with Gasteiger partial charge in [-0.2, -0.15) is 0 Å². The van der Waals surface area contributed by atoms with Gasteiger partial charge in [-0.15, -0.1) is 0 Å². The van der Waals surface area contributed by atoms with Crippen LogP contribution in [0.3, 0.4) is 0 Å². The molecule has 2 unspecified atom stereocenters. The van der Waals surface area contributed by atoms with E-state index >= 15 is 0 Å². The van der Waals surface area contributed by atoms with Gasteiger partial charge in [0.15, 0.2) is 0 Å². The first-order valence-corrected chi connectivity index (χ1v) is 49.4. The molecule has 344 valence electrons. The van der Waals surface area contributed by atoms with Crippen LogP contribution < -0.4 is 5.79 Å². The average Bonchev–Trinajstić information content (AvgIpc) is 4.04. The summed E-state index contributed by atoms with van der Waals surface area (Å²) in [5, 5.41) is 9.65. The number of thiophene rings is 4. The molecule has 0 nitrogen and oxygen atoms in total. The minimum atomic E-state index is -2.35. The van der Waals surface area contributed by atoms with Crippen molar-refractivity contribution in [3.8, 4) is 0 Å². The molecular formula is C56H88S4Sn2. The molecule has 0 radical (unpaired) electrons. The van der Waals surface area contributed by atoms with Crippen molar-refractivity contribution < 1.29 is 0 Å². The zero-order chi connectivity index (χ0) is 44.3. The average molecular weight is 1130 g/mol. The predicted octanol–water partition coefficient (Wildman–Crippen LogP) is 20.5. The van der Waals surface area contributed by atoms with Crippen LogP contribution in [0.15, 0.2) is 24.3 Å². The van der Waals surface area contributed by atoms with Crippen molar-refractivity contribution in [2.75, 3.05) is 0 Å². The molecule has 0 fully saturated rings. The number of rotatable bonds is 30. The molecule has 0 aliphatic rings. The van der Waals surface area contributed by atoms with Gasteiger partial charge in [-0.05, 0) is 0 Å². The number of hydrogen-bond acceptors (Lipinski definition) is 4. The fourth-order valence-electron chi connectivity index (χ4n) is 10.2. The van der Waals surface area contributed by atoms with Crippen LogP contribution in [0.2, 0.25) is 29.6 Å². The number of benzene rings is 2. The minimum absolute atomic E-state index is 0.814. The van der Waals surface area contributed by atoms with Crippen molar-refractivity contribution in [3.63, 3.8) is 0 Å². The van der Waals surface area contributed by atoms with Crippen LogP contribution in [-0.4, -0.2) is 36.8 Å². The third kappa shape index (κ3) is 13.6. The van der Waals surface area contributed by atoms with Crippen LogP contribution in [0, 0.1) is 11.8 Å². The quantitative estimate of drug-likeness (QED) is 0.0311. The molecule has 0 bridgehead atoms. The van der Waals surface area contributed by atoms with E-state index in [1.165, 1.54) is 167 Å². The predicted molar refractivity (Wildman–Crippen MR) is 299 cm³/mol. The van der Waals surface area contributed by atoms with E-state index in [0.29, 0.717) is 0 Å². The van der Waals surface area contributed by atoms with Crippen molar-refractivity contribution >= 4 is 139 Å². The third-order valence-corrected chi connectivity index (χ3v) is 37.7. The molecule has 4 heterocycles. The molecule has 6 heteroatoms. The van der Waals surface area contributed by atoms with Gasteiger partial charge in [0, 0.05) is 0 Å². The van der Waals surface area contributed by atoms with E-state index in [2.05, 4.69) is 127 Å². The molecule has 0 amide bonds. The van der Waals surface area contributed by atoms with E-state index in [9.17, 15) is 0 Å². The van der Waals surface area contributed by atoms with Crippen LogP contribution >= 0.6 is 45.3 Å². The molecular weight excluding hydrogens is 1040 g/mol. The molecule has 4 aromatic heterocycles. The van der Waals surface area contributed by atoms with Crippen LogP contribution in [0.5, 0.6) is 0 Å². The second kappa shape index (κ2) is 25.0. The summed E-state index contributed by atoms with van der Waals surface area (Å²) in [7, 11) is 0. The Kier molecular flexibility index (Phi) is 20.7. The van der Waals surface area contributed by atoms with Crippen molar-refractivity contribution in [2.45, 2.75) is 224 Å². The van der Waals surface area contributed by atoms with Crippen LogP contribution in [0.1, 0.15) is 192 Å². The first-order valence-electron chi connectivity index (χ1n) is 26.2. The molecule has 0 aliphatic heterocycles. The topological polar surface area (TPSA) is 0 Å². The molecule has 2 aromatic carbocycles. The molecule has 2 atom stereocenters. The second-order valence-electron chi connectivity index (χ2n) is 21.8. The van der Waals surface area contributed by atoms with E-state index < -0.39 is 36.8 Å². The van der Waals surface area contributed by atoms with E-state index in [0.717, 1.165) is 11.8 Å². The molecule has 62 heavy (non-hydrogen) atoms. The maximum atomic E-state index is 2.75. The van der Waals surface area contributed by atoms with Gasteiger partial charge >= 0.3 is 304 Å². The monoisotopic (exact) mass is 1130 g/mol. The van der Waals surface area contributed by atoms with Gasteiger partial charge in [0.05, 0.1) is 0 Å². The van der Waals surface area contributed by atoms with Crippen LogP contribution in [-0.2, 0) is 12.8 Å². The van der Waals surface area contributed by atoms with Gasteiger partial charge in [0.1, 0.15) is 0 Å². The summed E-state index contributed by atoms with van der Waals surface area (Å²) in [6, 6.07) is 11.0. The third-order valence-electron chi connectivity index (χ3n) is 14.1. The Balaban J connectivity index is 1.49. The van der Waals surface area contributed by atoms with Gasteiger partial charge in [0.2, 0.25) is 0 Å². The van der Waals surface area contributed by atoms with E-state index in [-0.39, 0.29) is 0 Å². The summed E-state index contributed by atoms with van der Waals surface area (Å²) in [6.45, 7) is 9.42. The second-order valence-corrected chi connectivity index (χ2v) is 57.0.